The Labute approximate surface area is 125 Å². The van der Waals surface area contributed by atoms with Gasteiger partial charge in [0.05, 0.1) is 6.07 Å². The van der Waals surface area contributed by atoms with Gasteiger partial charge in [-0.15, -0.1) is 0 Å². The van der Waals surface area contributed by atoms with Gasteiger partial charge in [-0.1, -0.05) is 12.1 Å². The Bertz CT molecular complexity index is 563. The predicted octanol–water partition coefficient (Wildman–Crippen LogP) is 1.81. The van der Waals surface area contributed by atoms with Crippen LogP contribution in [0.15, 0.2) is 18.2 Å². The molecule has 0 saturated heterocycles. The van der Waals surface area contributed by atoms with Crippen molar-refractivity contribution in [3.63, 3.8) is 0 Å². The molecule has 21 heavy (non-hydrogen) atoms. The van der Waals surface area contributed by atoms with Crippen LogP contribution < -0.4 is 0 Å². The summed E-state index contributed by atoms with van der Waals surface area (Å²) in [5.74, 6) is -0.0518. The number of ether oxygens (including phenoxy) is 1. The van der Waals surface area contributed by atoms with Gasteiger partial charge in [0.1, 0.15) is 6.04 Å². The first kappa shape index (κ1) is 15.5. The largest absolute Gasteiger partial charge is 0.385 e. The predicted molar refractivity (Wildman–Crippen MR) is 79.7 cm³/mol. The molecule has 112 valence electrons. The van der Waals surface area contributed by atoms with Gasteiger partial charge in [-0.2, -0.15) is 5.26 Å². The molecule has 0 aromatic heterocycles. The molecule has 1 aliphatic heterocycles. The molecule has 0 bridgehead atoms. The number of hydrogen-bond acceptors (Lipinski definition) is 4. The van der Waals surface area contributed by atoms with E-state index in [1.165, 1.54) is 0 Å². The highest BCUT2D eigenvalue weighted by Gasteiger charge is 2.36. The highest BCUT2D eigenvalue weighted by Crippen LogP contribution is 2.34. The third kappa shape index (κ3) is 3.23. The molecule has 1 aromatic carbocycles. The normalized spacial score (nSPS) is 17.2. The molecule has 1 aliphatic rings. The summed E-state index contributed by atoms with van der Waals surface area (Å²) in [6, 6.07) is 7.57. The Balaban J connectivity index is 2.24. The standard InChI is InChI=1S/C16H21N3O2/c1-18(2)11-12-5-6-13-14(9-12)15(10-17)19(16(13)20)7-4-8-21-3/h5-6,9,15H,4,7-8,11H2,1-3H3. The molecule has 0 fully saturated rings. The second-order valence-corrected chi connectivity index (χ2v) is 5.54. The van der Waals surface area contributed by atoms with Gasteiger partial charge in [0.25, 0.3) is 5.91 Å². The molecule has 5 heteroatoms. The third-order valence-electron chi connectivity index (χ3n) is 3.58. The number of nitriles is 1. The number of fused-ring (bicyclic) bond motifs is 1. The number of methoxy groups -OCH3 is 1. The Hall–Kier alpha value is -1.90. The summed E-state index contributed by atoms with van der Waals surface area (Å²) in [7, 11) is 5.63. The molecular weight excluding hydrogens is 266 g/mol. The summed E-state index contributed by atoms with van der Waals surface area (Å²) < 4.78 is 5.02. The maximum Gasteiger partial charge on any atom is 0.255 e. The second kappa shape index (κ2) is 6.70. The summed E-state index contributed by atoms with van der Waals surface area (Å²) in [4.78, 5) is 16.1. The lowest BCUT2D eigenvalue weighted by atomic mass is 10.0. The molecule has 1 heterocycles. The van der Waals surface area contributed by atoms with Crippen molar-refractivity contribution >= 4 is 5.91 Å². The highest BCUT2D eigenvalue weighted by molar-refractivity contribution is 5.99. The maximum atomic E-state index is 12.4. The number of nitrogens with zero attached hydrogens (tertiary/aromatic N) is 3. The summed E-state index contributed by atoms with van der Waals surface area (Å²) in [5.41, 5.74) is 2.60. The molecule has 0 radical (unpaired) electrons. The second-order valence-electron chi connectivity index (χ2n) is 5.54. The fraction of sp³-hybridized carbons (Fsp3) is 0.500. The minimum absolute atomic E-state index is 0.0518. The first-order valence-electron chi connectivity index (χ1n) is 7.05. The molecule has 0 aliphatic carbocycles. The van der Waals surface area contributed by atoms with E-state index in [0.29, 0.717) is 18.7 Å². The van der Waals surface area contributed by atoms with Crippen molar-refractivity contribution in [2.75, 3.05) is 34.4 Å². The van der Waals surface area contributed by atoms with Gasteiger partial charge >= 0.3 is 0 Å². The van der Waals surface area contributed by atoms with Crippen LogP contribution in [0.3, 0.4) is 0 Å². The zero-order chi connectivity index (χ0) is 15.4. The van der Waals surface area contributed by atoms with E-state index >= 15 is 0 Å². The number of amides is 1. The maximum absolute atomic E-state index is 12.4. The van der Waals surface area contributed by atoms with E-state index in [-0.39, 0.29) is 5.91 Å². The Morgan fingerprint density at radius 2 is 2.19 bits per heavy atom. The van der Waals surface area contributed by atoms with Gasteiger partial charge < -0.3 is 14.5 Å². The van der Waals surface area contributed by atoms with Gasteiger partial charge in [-0.25, -0.2) is 0 Å². The van der Waals surface area contributed by atoms with E-state index in [2.05, 4.69) is 11.0 Å². The molecule has 0 N–H and O–H groups in total. The van der Waals surface area contributed by atoms with E-state index in [4.69, 9.17) is 4.74 Å². The Morgan fingerprint density at radius 1 is 1.43 bits per heavy atom. The molecule has 0 spiro atoms. The molecule has 1 aromatic rings. The fourth-order valence-electron chi connectivity index (χ4n) is 2.69. The van der Waals surface area contributed by atoms with Crippen LogP contribution in [0.5, 0.6) is 0 Å². The van der Waals surface area contributed by atoms with Crippen molar-refractivity contribution < 1.29 is 9.53 Å². The molecule has 5 nitrogen and oxygen atoms in total. The molecule has 1 unspecified atom stereocenters. The van der Waals surface area contributed by atoms with E-state index in [1.54, 1.807) is 12.0 Å². The summed E-state index contributed by atoms with van der Waals surface area (Å²) in [6.07, 6.45) is 0.735. The van der Waals surface area contributed by atoms with Gasteiger partial charge in [0.15, 0.2) is 0 Å². The first-order chi connectivity index (χ1) is 10.1. The zero-order valence-electron chi connectivity index (χ0n) is 12.8. The average molecular weight is 287 g/mol. The quantitative estimate of drug-likeness (QED) is 0.749. The first-order valence-corrected chi connectivity index (χ1v) is 7.05. The van der Waals surface area contributed by atoms with Gasteiger partial charge in [0, 0.05) is 37.9 Å². The lowest BCUT2D eigenvalue weighted by Crippen LogP contribution is -2.29. The monoisotopic (exact) mass is 287 g/mol. The lowest BCUT2D eigenvalue weighted by Gasteiger charge is -2.19. The summed E-state index contributed by atoms with van der Waals surface area (Å²) in [6.45, 7) is 1.93. The minimum atomic E-state index is -0.480. The van der Waals surface area contributed by atoms with Crippen molar-refractivity contribution in [2.45, 2.75) is 19.0 Å². The topological polar surface area (TPSA) is 56.6 Å². The van der Waals surface area contributed by atoms with Crippen LogP contribution in [0.25, 0.3) is 0 Å². The fourth-order valence-corrected chi connectivity index (χ4v) is 2.69. The van der Waals surface area contributed by atoms with Crippen LogP contribution in [-0.4, -0.2) is 50.1 Å². The SMILES string of the molecule is COCCCN1C(=O)c2ccc(CN(C)C)cc2C1C#N. The van der Waals surface area contributed by atoms with Crippen LogP contribution in [-0.2, 0) is 11.3 Å². The smallest absolute Gasteiger partial charge is 0.255 e. The molecule has 1 amide bonds. The van der Waals surface area contributed by atoms with Crippen LogP contribution in [0.4, 0.5) is 0 Å². The number of carbonyl (C=O) groups excluding carboxylic acids is 1. The van der Waals surface area contributed by atoms with Crippen molar-refractivity contribution in [1.29, 1.82) is 5.26 Å². The average Bonchev–Trinajstić information content (AvgIpc) is 2.70. The lowest BCUT2D eigenvalue weighted by molar-refractivity contribution is 0.0737. The zero-order valence-corrected chi connectivity index (χ0v) is 12.8. The highest BCUT2D eigenvalue weighted by atomic mass is 16.5. The van der Waals surface area contributed by atoms with E-state index in [9.17, 15) is 10.1 Å². The minimum Gasteiger partial charge on any atom is -0.385 e. The van der Waals surface area contributed by atoms with Gasteiger partial charge in [-0.3, -0.25) is 4.79 Å². The van der Waals surface area contributed by atoms with E-state index in [0.717, 1.165) is 24.1 Å². The van der Waals surface area contributed by atoms with Crippen LogP contribution in [0.2, 0.25) is 0 Å². The van der Waals surface area contributed by atoms with Crippen molar-refractivity contribution in [3.8, 4) is 6.07 Å². The van der Waals surface area contributed by atoms with E-state index in [1.807, 2.05) is 32.3 Å². The Morgan fingerprint density at radius 3 is 2.81 bits per heavy atom. The number of rotatable bonds is 6. The third-order valence-corrected chi connectivity index (χ3v) is 3.58. The number of carbonyl (C=O) groups is 1. The van der Waals surface area contributed by atoms with Gasteiger partial charge in [0.2, 0.25) is 0 Å². The molecular formula is C16H21N3O2. The van der Waals surface area contributed by atoms with Crippen LogP contribution >= 0.6 is 0 Å². The van der Waals surface area contributed by atoms with Crippen molar-refractivity contribution in [2.24, 2.45) is 0 Å². The van der Waals surface area contributed by atoms with Crippen molar-refractivity contribution in [3.05, 3.63) is 34.9 Å². The van der Waals surface area contributed by atoms with E-state index < -0.39 is 6.04 Å². The molecule has 0 saturated carbocycles. The summed E-state index contributed by atoms with van der Waals surface area (Å²) in [5, 5.41) is 9.44. The molecule has 2 rings (SSSR count). The van der Waals surface area contributed by atoms with Gasteiger partial charge in [-0.05, 0) is 32.1 Å². The van der Waals surface area contributed by atoms with Crippen LogP contribution in [0, 0.1) is 11.3 Å². The number of hydrogen-bond donors (Lipinski definition) is 0. The Kier molecular flexibility index (Phi) is 4.94. The molecule has 1 atom stereocenters. The number of benzene rings is 1. The van der Waals surface area contributed by atoms with Crippen LogP contribution in [0.1, 0.15) is 33.9 Å². The van der Waals surface area contributed by atoms with Crippen molar-refractivity contribution in [1.82, 2.24) is 9.80 Å². The summed E-state index contributed by atoms with van der Waals surface area (Å²) >= 11 is 0.